The first-order chi connectivity index (χ1) is 9.02. The Hall–Kier alpha value is -2.01. The van der Waals surface area contributed by atoms with Gasteiger partial charge in [0.2, 0.25) is 0 Å². The lowest BCUT2D eigenvalue weighted by molar-refractivity contribution is 0.0603. The van der Waals surface area contributed by atoms with Crippen LogP contribution in [0.15, 0.2) is 24.4 Å². The molecule has 19 heavy (non-hydrogen) atoms. The quantitative estimate of drug-likeness (QED) is 0.670. The molecule has 0 unspecified atom stereocenters. The Balaban J connectivity index is 2.47. The van der Waals surface area contributed by atoms with Crippen molar-refractivity contribution in [3.63, 3.8) is 0 Å². The summed E-state index contributed by atoms with van der Waals surface area (Å²) >= 11 is 0. The number of likely N-dealkylation sites (N-methyl/N-ethyl adjacent to an activating group) is 1. The molecule has 0 aliphatic rings. The van der Waals surface area contributed by atoms with E-state index in [0.29, 0.717) is 11.3 Å². The predicted molar refractivity (Wildman–Crippen MR) is 76.2 cm³/mol. The summed E-state index contributed by atoms with van der Waals surface area (Å²) in [6.45, 7) is 1.77. The van der Waals surface area contributed by atoms with Crippen LogP contribution >= 0.6 is 0 Å². The number of rotatable bonds is 4. The standard InChI is InChI=1S/C14H19N3O2/c1-16(2)6-7-17-5-4-11-12(14(18)19-3)8-10(15)9-13(11)17/h4-5,8-9H,6-7,15H2,1-3H3. The van der Waals surface area contributed by atoms with Gasteiger partial charge in [-0.3, -0.25) is 0 Å². The topological polar surface area (TPSA) is 60.5 Å². The van der Waals surface area contributed by atoms with E-state index in [1.165, 1.54) is 7.11 Å². The summed E-state index contributed by atoms with van der Waals surface area (Å²) < 4.78 is 6.89. The SMILES string of the molecule is COC(=O)c1cc(N)cc2c1ccn2CCN(C)C. The van der Waals surface area contributed by atoms with Crippen molar-refractivity contribution in [3.05, 3.63) is 30.0 Å². The Kier molecular flexibility index (Phi) is 3.76. The van der Waals surface area contributed by atoms with Crippen LogP contribution in [0.5, 0.6) is 0 Å². The number of nitrogens with zero attached hydrogens (tertiary/aromatic N) is 2. The Morgan fingerprint density at radius 3 is 2.79 bits per heavy atom. The van der Waals surface area contributed by atoms with Gasteiger partial charge in [-0.15, -0.1) is 0 Å². The average Bonchev–Trinajstić information content (AvgIpc) is 2.77. The van der Waals surface area contributed by atoms with Gasteiger partial charge in [0.15, 0.2) is 0 Å². The first kappa shape index (κ1) is 13.4. The lowest BCUT2D eigenvalue weighted by Gasteiger charge is -2.12. The van der Waals surface area contributed by atoms with Crippen LogP contribution in [0, 0.1) is 0 Å². The van der Waals surface area contributed by atoms with Crippen molar-refractivity contribution in [2.75, 3.05) is 33.5 Å². The molecular formula is C14H19N3O2. The number of anilines is 1. The molecule has 0 radical (unpaired) electrons. The van der Waals surface area contributed by atoms with Gasteiger partial charge in [0.25, 0.3) is 0 Å². The van der Waals surface area contributed by atoms with Gasteiger partial charge < -0.3 is 19.9 Å². The first-order valence-electron chi connectivity index (χ1n) is 6.14. The first-order valence-corrected chi connectivity index (χ1v) is 6.14. The van der Waals surface area contributed by atoms with Crippen LogP contribution in [-0.2, 0) is 11.3 Å². The van der Waals surface area contributed by atoms with Gasteiger partial charge in [-0.05, 0) is 32.3 Å². The number of carbonyl (C=O) groups excluding carboxylic acids is 1. The van der Waals surface area contributed by atoms with Crippen LogP contribution in [0.25, 0.3) is 10.9 Å². The van der Waals surface area contributed by atoms with Gasteiger partial charge in [-0.1, -0.05) is 0 Å². The van der Waals surface area contributed by atoms with Crippen molar-refractivity contribution >= 4 is 22.6 Å². The van der Waals surface area contributed by atoms with Gasteiger partial charge in [0.05, 0.1) is 18.2 Å². The molecule has 2 rings (SSSR count). The Morgan fingerprint density at radius 1 is 1.42 bits per heavy atom. The summed E-state index contributed by atoms with van der Waals surface area (Å²) in [4.78, 5) is 13.9. The van der Waals surface area contributed by atoms with Gasteiger partial charge in [0.1, 0.15) is 0 Å². The summed E-state index contributed by atoms with van der Waals surface area (Å²) in [5.74, 6) is -0.359. The average molecular weight is 261 g/mol. The molecule has 5 nitrogen and oxygen atoms in total. The number of hydrogen-bond acceptors (Lipinski definition) is 4. The smallest absolute Gasteiger partial charge is 0.338 e. The zero-order chi connectivity index (χ0) is 14.0. The molecule has 0 spiro atoms. The van der Waals surface area contributed by atoms with Crippen molar-refractivity contribution < 1.29 is 9.53 Å². The van der Waals surface area contributed by atoms with Gasteiger partial charge in [-0.2, -0.15) is 0 Å². The number of hydrogen-bond donors (Lipinski definition) is 1. The van der Waals surface area contributed by atoms with E-state index in [2.05, 4.69) is 9.47 Å². The van der Waals surface area contributed by atoms with Crippen LogP contribution in [0.2, 0.25) is 0 Å². The van der Waals surface area contributed by atoms with Crippen molar-refractivity contribution in [1.29, 1.82) is 0 Å². The lowest BCUT2D eigenvalue weighted by Crippen LogP contribution is -2.18. The minimum absolute atomic E-state index is 0.359. The van der Waals surface area contributed by atoms with Crippen LogP contribution in [0.1, 0.15) is 10.4 Å². The van der Waals surface area contributed by atoms with E-state index in [9.17, 15) is 4.79 Å². The van der Waals surface area contributed by atoms with Crippen molar-refractivity contribution in [2.24, 2.45) is 0 Å². The number of methoxy groups -OCH3 is 1. The number of carbonyl (C=O) groups is 1. The number of aromatic nitrogens is 1. The summed E-state index contributed by atoms with van der Waals surface area (Å²) in [6, 6.07) is 5.47. The molecule has 0 saturated heterocycles. The predicted octanol–water partition coefficient (Wildman–Crippen LogP) is 1.57. The zero-order valence-corrected chi connectivity index (χ0v) is 11.5. The van der Waals surface area contributed by atoms with E-state index < -0.39 is 0 Å². The molecule has 1 aromatic heterocycles. The van der Waals surface area contributed by atoms with Gasteiger partial charge in [-0.25, -0.2) is 4.79 Å². The fraction of sp³-hybridized carbons (Fsp3) is 0.357. The molecule has 0 bridgehead atoms. The van der Waals surface area contributed by atoms with E-state index in [0.717, 1.165) is 24.0 Å². The highest BCUT2D eigenvalue weighted by molar-refractivity contribution is 6.05. The van der Waals surface area contributed by atoms with E-state index in [4.69, 9.17) is 10.5 Å². The molecule has 2 N–H and O–H groups in total. The second-order valence-electron chi connectivity index (χ2n) is 4.81. The number of nitrogens with two attached hydrogens (primary N) is 1. The summed E-state index contributed by atoms with van der Waals surface area (Å²) in [5, 5.41) is 0.875. The highest BCUT2D eigenvalue weighted by Gasteiger charge is 2.14. The second kappa shape index (κ2) is 5.32. The minimum Gasteiger partial charge on any atom is -0.465 e. The molecule has 0 fully saturated rings. The summed E-state index contributed by atoms with van der Waals surface area (Å²) in [6.07, 6.45) is 1.97. The van der Waals surface area contributed by atoms with E-state index in [1.807, 2.05) is 32.4 Å². The molecule has 0 saturated carbocycles. The molecule has 0 aliphatic heterocycles. The zero-order valence-electron chi connectivity index (χ0n) is 11.5. The highest BCUT2D eigenvalue weighted by atomic mass is 16.5. The number of nitrogen functional groups attached to an aromatic ring is 1. The number of ether oxygens (including phenoxy) is 1. The normalized spacial score (nSPS) is 11.2. The number of esters is 1. The van der Waals surface area contributed by atoms with Crippen molar-refractivity contribution in [3.8, 4) is 0 Å². The monoisotopic (exact) mass is 261 g/mol. The molecule has 2 aromatic rings. The summed E-state index contributed by atoms with van der Waals surface area (Å²) in [7, 11) is 5.43. The van der Waals surface area contributed by atoms with Crippen LogP contribution in [0.3, 0.4) is 0 Å². The maximum Gasteiger partial charge on any atom is 0.338 e. The molecule has 0 atom stereocenters. The van der Waals surface area contributed by atoms with Crippen LogP contribution in [0.4, 0.5) is 5.69 Å². The molecule has 1 aromatic carbocycles. The van der Waals surface area contributed by atoms with E-state index >= 15 is 0 Å². The summed E-state index contributed by atoms with van der Waals surface area (Å²) in [5.41, 5.74) is 7.91. The molecular weight excluding hydrogens is 242 g/mol. The largest absolute Gasteiger partial charge is 0.465 e. The molecule has 5 heteroatoms. The number of fused-ring (bicyclic) bond motifs is 1. The minimum atomic E-state index is -0.359. The van der Waals surface area contributed by atoms with Crippen molar-refractivity contribution in [2.45, 2.75) is 6.54 Å². The molecule has 1 heterocycles. The van der Waals surface area contributed by atoms with Crippen LogP contribution in [-0.4, -0.2) is 43.2 Å². The van der Waals surface area contributed by atoms with E-state index in [-0.39, 0.29) is 5.97 Å². The van der Waals surface area contributed by atoms with Crippen molar-refractivity contribution in [1.82, 2.24) is 9.47 Å². The number of benzene rings is 1. The fourth-order valence-corrected chi connectivity index (χ4v) is 2.10. The Morgan fingerprint density at radius 2 is 2.16 bits per heavy atom. The van der Waals surface area contributed by atoms with Crippen LogP contribution < -0.4 is 5.73 Å². The van der Waals surface area contributed by atoms with Gasteiger partial charge >= 0.3 is 5.97 Å². The maximum atomic E-state index is 11.8. The third-order valence-electron chi connectivity index (χ3n) is 3.10. The molecule has 0 aliphatic carbocycles. The maximum absolute atomic E-state index is 11.8. The highest BCUT2D eigenvalue weighted by Crippen LogP contribution is 2.24. The van der Waals surface area contributed by atoms with Gasteiger partial charge in [0, 0.05) is 30.4 Å². The molecule has 102 valence electrons. The lowest BCUT2D eigenvalue weighted by atomic mass is 10.1. The second-order valence-corrected chi connectivity index (χ2v) is 4.81. The Bertz CT molecular complexity index is 602. The fourth-order valence-electron chi connectivity index (χ4n) is 2.10. The third-order valence-corrected chi connectivity index (χ3v) is 3.10. The van der Waals surface area contributed by atoms with E-state index in [1.54, 1.807) is 6.07 Å². The Labute approximate surface area is 112 Å². The third kappa shape index (κ3) is 2.71. The molecule has 0 amide bonds.